The molecule has 3 aromatic carbocycles. The van der Waals surface area contributed by atoms with E-state index in [-0.39, 0.29) is 11.5 Å². The van der Waals surface area contributed by atoms with E-state index in [0.29, 0.717) is 49.2 Å². The second kappa shape index (κ2) is 10.7. The van der Waals surface area contributed by atoms with E-state index in [1.165, 1.54) is 12.1 Å². The van der Waals surface area contributed by atoms with Crippen molar-refractivity contribution in [2.75, 3.05) is 5.32 Å². The highest BCUT2D eigenvalue weighted by atomic mass is 19.4. The highest BCUT2D eigenvalue weighted by Gasteiger charge is 2.50. The number of anilines is 1. The number of hydrogen-bond donors (Lipinski definition) is 2. The molecule has 0 saturated heterocycles. The first kappa shape index (κ1) is 28.4. The van der Waals surface area contributed by atoms with E-state index in [1.54, 1.807) is 47.4 Å². The number of rotatable bonds is 9. The van der Waals surface area contributed by atoms with Crippen molar-refractivity contribution in [3.63, 3.8) is 0 Å². The van der Waals surface area contributed by atoms with Gasteiger partial charge in [-0.05, 0) is 72.2 Å². The molecule has 0 aromatic heterocycles. The van der Waals surface area contributed by atoms with Crippen LogP contribution in [0, 0.1) is 18.3 Å². The van der Waals surface area contributed by atoms with Crippen molar-refractivity contribution in [2.45, 2.75) is 58.3 Å². The maximum absolute atomic E-state index is 13.9. The van der Waals surface area contributed by atoms with Gasteiger partial charge in [0, 0.05) is 24.3 Å². The summed E-state index contributed by atoms with van der Waals surface area (Å²) in [4.78, 5) is 39.4. The maximum Gasteiger partial charge on any atom is 0.392 e. The largest absolute Gasteiger partial charge is 0.481 e. The number of fused-ring (bicyclic) bond motifs is 1. The SMILES string of the molecule is Cc1cccc2c1CN(Cc1ccc([C@@H](C(=O)Nc3cccc(CC4(C(=O)O)CC4)c3)[C@@H](C)C(F)(F)F)cc1)C2=O. The third-order valence-corrected chi connectivity index (χ3v) is 8.33. The third kappa shape index (κ3) is 5.85. The van der Waals surface area contributed by atoms with Gasteiger partial charge in [-0.1, -0.05) is 55.5 Å². The van der Waals surface area contributed by atoms with Crippen molar-refractivity contribution in [3.8, 4) is 0 Å². The maximum atomic E-state index is 13.9. The molecule has 0 bridgehead atoms. The number of amides is 2. The Morgan fingerprint density at radius 2 is 1.71 bits per heavy atom. The molecule has 1 fully saturated rings. The number of aliphatic carboxylic acids is 1. The molecule has 0 unspecified atom stereocenters. The van der Waals surface area contributed by atoms with Crippen LogP contribution in [0.15, 0.2) is 66.7 Å². The van der Waals surface area contributed by atoms with E-state index < -0.39 is 35.3 Å². The van der Waals surface area contributed by atoms with Gasteiger partial charge in [0.2, 0.25) is 5.91 Å². The Morgan fingerprint density at radius 3 is 2.32 bits per heavy atom. The van der Waals surface area contributed by atoms with Crippen LogP contribution in [0.25, 0.3) is 0 Å². The van der Waals surface area contributed by atoms with Gasteiger partial charge in [-0.2, -0.15) is 13.2 Å². The van der Waals surface area contributed by atoms with Crippen molar-refractivity contribution < 1.29 is 32.7 Å². The highest BCUT2D eigenvalue weighted by molar-refractivity contribution is 5.98. The molecule has 3 aromatic rings. The Kier molecular flexibility index (Phi) is 7.40. The number of carbonyl (C=O) groups is 3. The van der Waals surface area contributed by atoms with Gasteiger partial charge in [0.15, 0.2) is 0 Å². The smallest absolute Gasteiger partial charge is 0.392 e. The van der Waals surface area contributed by atoms with Crippen LogP contribution in [0.2, 0.25) is 0 Å². The Hall–Kier alpha value is -4.14. The van der Waals surface area contributed by atoms with E-state index >= 15 is 0 Å². The average molecular weight is 565 g/mol. The van der Waals surface area contributed by atoms with Crippen molar-refractivity contribution in [1.29, 1.82) is 0 Å². The van der Waals surface area contributed by atoms with Gasteiger partial charge >= 0.3 is 12.1 Å². The number of nitrogens with zero attached hydrogens (tertiary/aromatic N) is 1. The molecule has 2 atom stereocenters. The lowest BCUT2D eigenvalue weighted by atomic mass is 9.85. The monoisotopic (exact) mass is 564 g/mol. The van der Waals surface area contributed by atoms with Crippen LogP contribution >= 0.6 is 0 Å². The molecule has 41 heavy (non-hydrogen) atoms. The molecule has 1 saturated carbocycles. The number of carbonyl (C=O) groups excluding carboxylic acids is 2. The van der Waals surface area contributed by atoms with Crippen LogP contribution < -0.4 is 5.32 Å². The van der Waals surface area contributed by atoms with Crippen molar-refractivity contribution in [1.82, 2.24) is 4.90 Å². The summed E-state index contributed by atoms with van der Waals surface area (Å²) in [6, 6.07) is 18.5. The number of carboxylic acids is 1. The highest BCUT2D eigenvalue weighted by Crippen LogP contribution is 2.48. The summed E-state index contributed by atoms with van der Waals surface area (Å²) in [6.45, 7) is 3.70. The number of hydrogen-bond acceptors (Lipinski definition) is 3. The van der Waals surface area contributed by atoms with E-state index in [0.717, 1.165) is 23.6 Å². The van der Waals surface area contributed by atoms with E-state index in [1.807, 2.05) is 19.1 Å². The second-order valence-corrected chi connectivity index (χ2v) is 11.3. The first-order chi connectivity index (χ1) is 19.4. The number of aryl methyl sites for hydroxylation is 1. The first-order valence-electron chi connectivity index (χ1n) is 13.5. The molecule has 1 heterocycles. The quantitative estimate of drug-likeness (QED) is 0.312. The fourth-order valence-electron chi connectivity index (χ4n) is 5.57. The molecule has 1 aliphatic carbocycles. The zero-order chi connectivity index (χ0) is 29.5. The molecule has 9 heteroatoms. The fourth-order valence-corrected chi connectivity index (χ4v) is 5.57. The van der Waals surface area contributed by atoms with E-state index in [4.69, 9.17) is 0 Å². The molecular weight excluding hydrogens is 533 g/mol. The predicted molar refractivity (Wildman–Crippen MR) is 147 cm³/mol. The van der Waals surface area contributed by atoms with Crippen molar-refractivity contribution in [2.24, 2.45) is 11.3 Å². The van der Waals surface area contributed by atoms with E-state index in [2.05, 4.69) is 5.32 Å². The molecule has 0 spiro atoms. The van der Waals surface area contributed by atoms with Gasteiger partial charge < -0.3 is 15.3 Å². The minimum absolute atomic E-state index is 0.0890. The van der Waals surface area contributed by atoms with Crippen molar-refractivity contribution >= 4 is 23.5 Å². The van der Waals surface area contributed by atoms with Crippen LogP contribution in [-0.2, 0) is 29.1 Å². The topological polar surface area (TPSA) is 86.7 Å². The number of halogens is 3. The van der Waals surface area contributed by atoms with Gasteiger partial charge in [0.05, 0.1) is 17.3 Å². The van der Waals surface area contributed by atoms with E-state index in [9.17, 15) is 32.7 Å². The summed E-state index contributed by atoms with van der Waals surface area (Å²) in [7, 11) is 0. The van der Waals surface area contributed by atoms with Crippen LogP contribution in [0.5, 0.6) is 0 Å². The minimum atomic E-state index is -4.62. The average Bonchev–Trinajstić information content (AvgIpc) is 3.63. The number of carboxylic acid groups (broad SMARTS) is 1. The first-order valence-corrected chi connectivity index (χ1v) is 13.5. The molecule has 6 nitrogen and oxygen atoms in total. The van der Waals surface area contributed by atoms with Gasteiger partial charge in [-0.25, -0.2) is 0 Å². The number of benzene rings is 3. The lowest BCUT2D eigenvalue weighted by Gasteiger charge is -2.26. The van der Waals surface area contributed by atoms with Crippen LogP contribution in [0.3, 0.4) is 0 Å². The fraction of sp³-hybridized carbons (Fsp3) is 0.344. The van der Waals surface area contributed by atoms with Crippen LogP contribution in [0.4, 0.5) is 18.9 Å². The Bertz CT molecular complexity index is 1500. The Morgan fingerprint density at radius 1 is 1.02 bits per heavy atom. The van der Waals surface area contributed by atoms with Gasteiger partial charge in [-0.3, -0.25) is 14.4 Å². The lowest BCUT2D eigenvalue weighted by Crippen LogP contribution is -2.34. The summed E-state index contributed by atoms with van der Waals surface area (Å²) in [5.74, 6) is -5.24. The molecule has 214 valence electrons. The summed E-state index contributed by atoms with van der Waals surface area (Å²) < 4.78 is 41.7. The second-order valence-electron chi connectivity index (χ2n) is 11.3. The zero-order valence-electron chi connectivity index (χ0n) is 22.8. The standard InChI is InChI=1S/C32H31F3N2O4/c1-19-5-3-8-25-26(19)18-37(29(25)39)17-21-9-11-23(12-10-21)27(20(2)32(33,34)35)28(38)36-24-7-4-6-22(15-24)16-31(13-14-31)30(40)41/h3-12,15,20,27H,13-14,16-18H2,1-2H3,(H,36,38)(H,40,41)/t20-,27+/m1/s1. The van der Waals surface area contributed by atoms with Crippen molar-refractivity contribution in [3.05, 3.63) is 100 Å². The third-order valence-electron chi connectivity index (χ3n) is 8.33. The van der Waals surface area contributed by atoms with Gasteiger partial charge in [0.25, 0.3) is 5.91 Å². The molecular formula is C32H31F3N2O4. The molecule has 5 rings (SSSR count). The number of alkyl halides is 3. The van der Waals surface area contributed by atoms with Crippen LogP contribution in [0.1, 0.15) is 63.9 Å². The van der Waals surface area contributed by atoms with Gasteiger partial charge in [0.1, 0.15) is 0 Å². The zero-order valence-corrected chi connectivity index (χ0v) is 22.8. The Balaban J connectivity index is 1.33. The lowest BCUT2D eigenvalue weighted by molar-refractivity contribution is -0.178. The molecule has 1 aliphatic heterocycles. The molecule has 2 aliphatic rings. The molecule has 0 radical (unpaired) electrons. The predicted octanol–water partition coefficient (Wildman–Crippen LogP) is 6.48. The van der Waals surface area contributed by atoms with Crippen LogP contribution in [-0.4, -0.2) is 34.0 Å². The minimum Gasteiger partial charge on any atom is -0.481 e. The summed E-state index contributed by atoms with van der Waals surface area (Å²) in [6.07, 6.45) is -3.19. The summed E-state index contributed by atoms with van der Waals surface area (Å²) in [5.41, 5.74) is 3.82. The number of nitrogens with one attached hydrogen (secondary N) is 1. The summed E-state index contributed by atoms with van der Waals surface area (Å²) in [5, 5.41) is 12.1. The molecule has 2 amide bonds. The van der Waals surface area contributed by atoms with Gasteiger partial charge in [-0.15, -0.1) is 0 Å². The normalized spacial score (nSPS) is 17.1. The molecule has 2 N–H and O–H groups in total. The summed E-state index contributed by atoms with van der Waals surface area (Å²) >= 11 is 0. The Labute approximate surface area is 236 Å².